The van der Waals surface area contributed by atoms with Gasteiger partial charge >= 0.3 is 5.97 Å². The van der Waals surface area contributed by atoms with Gasteiger partial charge in [-0.05, 0) is 29.2 Å². The molecule has 1 aliphatic carbocycles. The van der Waals surface area contributed by atoms with E-state index in [2.05, 4.69) is 10.9 Å². The fraction of sp³-hybridized carbons (Fsp3) is 0.350. The number of amides is 2. The number of hydrazine groups is 1. The zero-order chi connectivity index (χ0) is 18.5. The molecule has 0 heterocycles. The SMILES string of the molecule is O=C(Cc1cccc2ccccc12)NNC(=O)[C@@H]1CCCC[C@@H]1C(=O)O. The minimum Gasteiger partial charge on any atom is -0.481 e. The normalized spacial score (nSPS) is 19.7. The van der Waals surface area contributed by atoms with Crippen molar-refractivity contribution in [3.63, 3.8) is 0 Å². The average molecular weight is 354 g/mol. The number of carboxylic acid groups (broad SMARTS) is 1. The van der Waals surface area contributed by atoms with E-state index in [-0.39, 0.29) is 12.3 Å². The Kier molecular flexibility index (Phi) is 5.51. The van der Waals surface area contributed by atoms with Gasteiger partial charge in [0.2, 0.25) is 11.8 Å². The first kappa shape index (κ1) is 17.9. The minimum absolute atomic E-state index is 0.134. The minimum atomic E-state index is -0.952. The Balaban J connectivity index is 1.60. The van der Waals surface area contributed by atoms with Gasteiger partial charge in [-0.15, -0.1) is 0 Å². The zero-order valence-corrected chi connectivity index (χ0v) is 14.4. The first-order valence-electron chi connectivity index (χ1n) is 8.84. The molecule has 2 aromatic carbocycles. The third-order valence-corrected chi connectivity index (χ3v) is 4.98. The quantitative estimate of drug-likeness (QED) is 0.735. The van der Waals surface area contributed by atoms with E-state index in [0.717, 1.165) is 29.2 Å². The molecule has 2 atom stereocenters. The molecular formula is C20H22N2O4. The lowest BCUT2D eigenvalue weighted by molar-refractivity contribution is -0.149. The van der Waals surface area contributed by atoms with Crippen LogP contribution in [0.25, 0.3) is 10.8 Å². The van der Waals surface area contributed by atoms with Crippen LogP contribution in [0.4, 0.5) is 0 Å². The van der Waals surface area contributed by atoms with Crippen molar-refractivity contribution in [1.82, 2.24) is 10.9 Å². The van der Waals surface area contributed by atoms with Crippen molar-refractivity contribution in [2.24, 2.45) is 11.8 Å². The van der Waals surface area contributed by atoms with Crippen LogP contribution in [-0.4, -0.2) is 22.9 Å². The maximum Gasteiger partial charge on any atom is 0.307 e. The van der Waals surface area contributed by atoms with Crippen LogP contribution in [0.2, 0.25) is 0 Å². The van der Waals surface area contributed by atoms with Gasteiger partial charge in [0.15, 0.2) is 0 Å². The molecule has 1 aliphatic rings. The average Bonchev–Trinajstić information content (AvgIpc) is 2.66. The van der Waals surface area contributed by atoms with Gasteiger partial charge in [0, 0.05) is 0 Å². The van der Waals surface area contributed by atoms with E-state index in [0.29, 0.717) is 12.8 Å². The van der Waals surface area contributed by atoms with Crippen molar-refractivity contribution in [1.29, 1.82) is 0 Å². The van der Waals surface area contributed by atoms with Crippen LogP contribution in [-0.2, 0) is 20.8 Å². The van der Waals surface area contributed by atoms with Crippen LogP contribution < -0.4 is 10.9 Å². The van der Waals surface area contributed by atoms with Gasteiger partial charge in [0.1, 0.15) is 0 Å². The third-order valence-electron chi connectivity index (χ3n) is 4.98. The molecule has 0 aliphatic heterocycles. The van der Waals surface area contributed by atoms with Gasteiger partial charge in [-0.25, -0.2) is 0 Å². The second kappa shape index (κ2) is 7.99. The van der Waals surface area contributed by atoms with Gasteiger partial charge < -0.3 is 5.11 Å². The lowest BCUT2D eigenvalue weighted by atomic mass is 9.79. The van der Waals surface area contributed by atoms with Crippen molar-refractivity contribution in [3.05, 3.63) is 48.0 Å². The highest BCUT2D eigenvalue weighted by Gasteiger charge is 2.35. The number of aliphatic carboxylic acids is 1. The second-order valence-electron chi connectivity index (χ2n) is 6.69. The second-order valence-corrected chi connectivity index (χ2v) is 6.69. The van der Waals surface area contributed by atoms with Gasteiger partial charge in [0.25, 0.3) is 0 Å². The number of benzene rings is 2. The lowest BCUT2D eigenvalue weighted by Gasteiger charge is -2.27. The molecular weight excluding hydrogens is 332 g/mol. The molecule has 0 bridgehead atoms. The molecule has 3 N–H and O–H groups in total. The molecule has 1 fully saturated rings. The van der Waals surface area contributed by atoms with Gasteiger partial charge in [-0.1, -0.05) is 55.3 Å². The Morgan fingerprint density at radius 2 is 1.62 bits per heavy atom. The fourth-order valence-corrected chi connectivity index (χ4v) is 3.63. The summed E-state index contributed by atoms with van der Waals surface area (Å²) in [4.78, 5) is 35.8. The zero-order valence-electron chi connectivity index (χ0n) is 14.4. The first-order valence-corrected chi connectivity index (χ1v) is 8.84. The van der Waals surface area contributed by atoms with Gasteiger partial charge in [0.05, 0.1) is 18.3 Å². The van der Waals surface area contributed by atoms with Crippen molar-refractivity contribution >= 4 is 28.6 Å². The summed E-state index contributed by atoms with van der Waals surface area (Å²) >= 11 is 0. The number of carboxylic acids is 1. The number of hydrogen-bond acceptors (Lipinski definition) is 3. The van der Waals surface area contributed by atoms with E-state index in [9.17, 15) is 19.5 Å². The number of carbonyl (C=O) groups is 3. The highest BCUT2D eigenvalue weighted by molar-refractivity contribution is 5.91. The number of carbonyl (C=O) groups excluding carboxylic acids is 2. The van der Waals surface area contributed by atoms with Crippen LogP contribution in [0, 0.1) is 11.8 Å². The van der Waals surface area contributed by atoms with Crippen molar-refractivity contribution in [3.8, 4) is 0 Å². The van der Waals surface area contributed by atoms with E-state index < -0.39 is 23.7 Å². The van der Waals surface area contributed by atoms with Crippen molar-refractivity contribution in [2.45, 2.75) is 32.1 Å². The summed E-state index contributed by atoms with van der Waals surface area (Å²) in [5, 5.41) is 11.3. The summed E-state index contributed by atoms with van der Waals surface area (Å²) in [5.74, 6) is -2.99. The predicted molar refractivity (Wildman–Crippen MR) is 97.0 cm³/mol. The molecule has 0 spiro atoms. The monoisotopic (exact) mass is 354 g/mol. The maximum atomic E-state index is 12.3. The maximum absolute atomic E-state index is 12.3. The predicted octanol–water partition coefficient (Wildman–Crippen LogP) is 2.42. The molecule has 3 rings (SSSR count). The Bertz CT molecular complexity index is 828. The summed E-state index contributed by atoms with van der Waals surface area (Å²) in [5.41, 5.74) is 5.70. The molecule has 0 aromatic heterocycles. The Labute approximate surface area is 151 Å². The highest BCUT2D eigenvalue weighted by atomic mass is 16.4. The molecule has 1 saturated carbocycles. The van der Waals surface area contributed by atoms with Crippen LogP contribution >= 0.6 is 0 Å². The van der Waals surface area contributed by atoms with Gasteiger partial charge in [-0.2, -0.15) is 0 Å². The molecule has 136 valence electrons. The number of fused-ring (bicyclic) bond motifs is 1. The summed E-state index contributed by atoms with van der Waals surface area (Å²) in [6.07, 6.45) is 2.80. The van der Waals surface area contributed by atoms with Crippen LogP contribution in [0.15, 0.2) is 42.5 Å². The summed E-state index contributed by atoms with van der Waals surface area (Å²) in [6.45, 7) is 0. The van der Waals surface area contributed by atoms with Crippen molar-refractivity contribution < 1.29 is 19.5 Å². The lowest BCUT2D eigenvalue weighted by Crippen LogP contribution is -2.48. The number of hydrogen-bond donors (Lipinski definition) is 3. The number of nitrogens with one attached hydrogen (secondary N) is 2. The van der Waals surface area contributed by atoms with E-state index in [4.69, 9.17) is 0 Å². The van der Waals surface area contributed by atoms with Crippen molar-refractivity contribution in [2.75, 3.05) is 0 Å². The number of rotatable bonds is 4. The van der Waals surface area contributed by atoms with Crippen LogP contribution in [0.1, 0.15) is 31.2 Å². The van der Waals surface area contributed by atoms with E-state index in [1.165, 1.54) is 0 Å². The highest BCUT2D eigenvalue weighted by Crippen LogP contribution is 2.30. The smallest absolute Gasteiger partial charge is 0.307 e. The summed E-state index contributed by atoms with van der Waals surface area (Å²) in [6, 6.07) is 13.5. The molecule has 6 heteroatoms. The fourth-order valence-electron chi connectivity index (χ4n) is 3.63. The van der Waals surface area contributed by atoms with Crippen LogP contribution in [0.3, 0.4) is 0 Å². The Morgan fingerprint density at radius 1 is 0.923 bits per heavy atom. The largest absolute Gasteiger partial charge is 0.481 e. The molecule has 2 amide bonds. The molecule has 0 radical (unpaired) electrons. The molecule has 6 nitrogen and oxygen atoms in total. The molecule has 0 unspecified atom stereocenters. The summed E-state index contributed by atoms with van der Waals surface area (Å²) < 4.78 is 0. The van der Waals surface area contributed by atoms with E-state index in [1.54, 1.807) is 0 Å². The molecule has 26 heavy (non-hydrogen) atoms. The van der Waals surface area contributed by atoms with E-state index in [1.807, 2.05) is 42.5 Å². The molecule has 2 aromatic rings. The van der Waals surface area contributed by atoms with E-state index >= 15 is 0 Å². The Morgan fingerprint density at radius 3 is 2.38 bits per heavy atom. The molecule has 0 saturated heterocycles. The van der Waals surface area contributed by atoms with Gasteiger partial charge in [-0.3, -0.25) is 25.2 Å². The summed E-state index contributed by atoms with van der Waals surface area (Å²) in [7, 11) is 0. The first-order chi connectivity index (χ1) is 12.6. The standard InChI is InChI=1S/C20H22N2O4/c23-18(12-14-8-5-7-13-6-1-2-9-15(13)14)21-22-19(24)16-10-3-4-11-17(16)20(25)26/h1-2,5-9,16-17H,3-4,10-12H2,(H,21,23)(H,22,24)(H,25,26)/t16-,17+/m1/s1. The Hall–Kier alpha value is -2.89. The third kappa shape index (κ3) is 4.02. The topological polar surface area (TPSA) is 95.5 Å². The van der Waals surface area contributed by atoms with Crippen LogP contribution in [0.5, 0.6) is 0 Å².